The van der Waals surface area contributed by atoms with E-state index < -0.39 is 0 Å². The highest BCUT2D eigenvalue weighted by Gasteiger charge is 2.21. The molecule has 0 amide bonds. The van der Waals surface area contributed by atoms with E-state index in [1.807, 2.05) is 0 Å². The summed E-state index contributed by atoms with van der Waals surface area (Å²) in [6.07, 6.45) is 4.19. The predicted octanol–water partition coefficient (Wildman–Crippen LogP) is 2.39. The molecule has 1 aliphatic carbocycles. The second-order valence-electron chi connectivity index (χ2n) is 4.44. The van der Waals surface area contributed by atoms with Crippen molar-refractivity contribution in [2.24, 2.45) is 5.92 Å². The molecular weight excluding hydrogens is 192 g/mol. The minimum Gasteiger partial charge on any atom is -0.360 e. The molecule has 2 nitrogen and oxygen atoms in total. The standard InChI is InChI=1S/C11H22N2S/c1-4-13(8-10-6-5-7-10)11(14)12-9(2)3/h9-10H,4-8H2,1-3H3,(H,12,14). The Labute approximate surface area is 93.1 Å². The Bertz CT molecular complexity index is 188. The quantitative estimate of drug-likeness (QED) is 0.723. The van der Waals surface area contributed by atoms with Crippen LogP contribution < -0.4 is 5.32 Å². The molecule has 3 heteroatoms. The first kappa shape index (κ1) is 11.8. The minimum absolute atomic E-state index is 0.443. The van der Waals surface area contributed by atoms with Crippen LogP contribution in [-0.2, 0) is 0 Å². The first-order valence-corrected chi connectivity index (χ1v) is 6.09. The molecule has 0 spiro atoms. The van der Waals surface area contributed by atoms with Crippen molar-refractivity contribution in [2.45, 2.75) is 46.1 Å². The van der Waals surface area contributed by atoms with Gasteiger partial charge in [0, 0.05) is 19.1 Å². The number of nitrogens with one attached hydrogen (secondary N) is 1. The highest BCUT2D eigenvalue weighted by Crippen LogP contribution is 2.26. The molecule has 0 radical (unpaired) electrons. The lowest BCUT2D eigenvalue weighted by atomic mass is 9.85. The summed E-state index contributed by atoms with van der Waals surface area (Å²) in [6, 6.07) is 0.443. The normalized spacial score (nSPS) is 16.6. The van der Waals surface area contributed by atoms with Crippen molar-refractivity contribution in [3.8, 4) is 0 Å². The van der Waals surface area contributed by atoms with Crippen molar-refractivity contribution in [3.63, 3.8) is 0 Å². The Morgan fingerprint density at radius 2 is 2.14 bits per heavy atom. The van der Waals surface area contributed by atoms with Crippen molar-refractivity contribution in [1.82, 2.24) is 10.2 Å². The van der Waals surface area contributed by atoms with Crippen LogP contribution in [0, 0.1) is 5.92 Å². The molecule has 0 aliphatic heterocycles. The van der Waals surface area contributed by atoms with Crippen LogP contribution in [0.1, 0.15) is 40.0 Å². The summed E-state index contributed by atoms with van der Waals surface area (Å²) < 4.78 is 0. The molecule has 14 heavy (non-hydrogen) atoms. The Morgan fingerprint density at radius 3 is 2.50 bits per heavy atom. The van der Waals surface area contributed by atoms with Gasteiger partial charge in [0.05, 0.1) is 0 Å². The van der Waals surface area contributed by atoms with Crippen LogP contribution >= 0.6 is 12.2 Å². The van der Waals surface area contributed by atoms with E-state index in [4.69, 9.17) is 12.2 Å². The molecule has 0 aromatic carbocycles. The zero-order valence-corrected chi connectivity index (χ0v) is 10.4. The summed E-state index contributed by atoms with van der Waals surface area (Å²) in [5.74, 6) is 0.891. The van der Waals surface area contributed by atoms with E-state index in [2.05, 4.69) is 31.0 Å². The fourth-order valence-electron chi connectivity index (χ4n) is 1.68. The summed E-state index contributed by atoms with van der Waals surface area (Å²) >= 11 is 5.36. The molecule has 1 rings (SSSR count). The zero-order valence-electron chi connectivity index (χ0n) is 9.55. The predicted molar refractivity (Wildman–Crippen MR) is 65.5 cm³/mol. The number of thiocarbonyl (C=S) groups is 1. The lowest BCUT2D eigenvalue weighted by Gasteiger charge is -2.33. The van der Waals surface area contributed by atoms with Gasteiger partial charge in [-0.15, -0.1) is 0 Å². The van der Waals surface area contributed by atoms with Crippen LogP contribution in [0.25, 0.3) is 0 Å². The van der Waals surface area contributed by atoms with Gasteiger partial charge in [-0.05, 0) is 51.7 Å². The first-order valence-electron chi connectivity index (χ1n) is 5.69. The van der Waals surface area contributed by atoms with Crippen molar-refractivity contribution >= 4 is 17.3 Å². The highest BCUT2D eigenvalue weighted by molar-refractivity contribution is 7.80. The second kappa shape index (κ2) is 5.54. The molecule has 0 unspecified atom stereocenters. The van der Waals surface area contributed by atoms with Gasteiger partial charge in [0.15, 0.2) is 5.11 Å². The summed E-state index contributed by atoms with van der Waals surface area (Å²) in [4.78, 5) is 2.29. The van der Waals surface area contributed by atoms with Gasteiger partial charge in [-0.2, -0.15) is 0 Å². The van der Waals surface area contributed by atoms with E-state index in [1.54, 1.807) is 0 Å². The largest absolute Gasteiger partial charge is 0.360 e. The van der Waals surface area contributed by atoms with Gasteiger partial charge in [-0.3, -0.25) is 0 Å². The highest BCUT2D eigenvalue weighted by atomic mass is 32.1. The fraction of sp³-hybridized carbons (Fsp3) is 0.909. The molecule has 0 aromatic heterocycles. The smallest absolute Gasteiger partial charge is 0.169 e. The summed E-state index contributed by atoms with van der Waals surface area (Å²) in [7, 11) is 0. The van der Waals surface area contributed by atoms with E-state index >= 15 is 0 Å². The van der Waals surface area contributed by atoms with Crippen LogP contribution in [0.3, 0.4) is 0 Å². The number of rotatable bonds is 4. The average Bonchev–Trinajstić information content (AvgIpc) is 2.01. The van der Waals surface area contributed by atoms with Crippen LogP contribution in [0.15, 0.2) is 0 Å². The lowest BCUT2D eigenvalue weighted by molar-refractivity contribution is 0.242. The molecule has 1 aliphatic rings. The molecule has 1 saturated carbocycles. The molecular formula is C11H22N2S. The average molecular weight is 214 g/mol. The molecule has 1 N–H and O–H groups in total. The first-order chi connectivity index (χ1) is 6.63. The van der Waals surface area contributed by atoms with Gasteiger partial charge >= 0.3 is 0 Å². The molecule has 0 bridgehead atoms. The minimum atomic E-state index is 0.443. The second-order valence-corrected chi connectivity index (χ2v) is 4.83. The van der Waals surface area contributed by atoms with Crippen molar-refractivity contribution in [2.75, 3.05) is 13.1 Å². The van der Waals surface area contributed by atoms with Crippen LogP contribution in [-0.4, -0.2) is 29.1 Å². The number of hydrogen-bond donors (Lipinski definition) is 1. The third-order valence-electron chi connectivity index (χ3n) is 2.78. The molecule has 0 heterocycles. The van der Waals surface area contributed by atoms with Gasteiger partial charge in [0.1, 0.15) is 0 Å². The summed E-state index contributed by atoms with van der Waals surface area (Å²) in [5, 5.41) is 4.23. The lowest BCUT2D eigenvalue weighted by Crippen LogP contribution is -2.45. The third-order valence-corrected chi connectivity index (χ3v) is 3.16. The monoisotopic (exact) mass is 214 g/mol. The Morgan fingerprint density at radius 1 is 1.50 bits per heavy atom. The summed E-state index contributed by atoms with van der Waals surface area (Å²) in [5.41, 5.74) is 0. The van der Waals surface area contributed by atoms with Crippen molar-refractivity contribution < 1.29 is 0 Å². The Kier molecular flexibility index (Phi) is 4.66. The van der Waals surface area contributed by atoms with Crippen LogP contribution in [0.2, 0.25) is 0 Å². The molecule has 82 valence electrons. The van der Waals surface area contributed by atoms with Gasteiger partial charge in [0.25, 0.3) is 0 Å². The number of hydrogen-bond acceptors (Lipinski definition) is 1. The van der Waals surface area contributed by atoms with E-state index in [9.17, 15) is 0 Å². The van der Waals surface area contributed by atoms with Crippen LogP contribution in [0.4, 0.5) is 0 Å². The topological polar surface area (TPSA) is 15.3 Å². The number of nitrogens with zero attached hydrogens (tertiary/aromatic N) is 1. The maximum Gasteiger partial charge on any atom is 0.169 e. The van der Waals surface area contributed by atoms with Crippen molar-refractivity contribution in [1.29, 1.82) is 0 Å². The zero-order chi connectivity index (χ0) is 10.6. The van der Waals surface area contributed by atoms with Gasteiger partial charge < -0.3 is 10.2 Å². The van der Waals surface area contributed by atoms with Crippen LogP contribution in [0.5, 0.6) is 0 Å². The van der Waals surface area contributed by atoms with Gasteiger partial charge in [-0.1, -0.05) is 6.42 Å². The molecule has 0 saturated heterocycles. The van der Waals surface area contributed by atoms with E-state index in [-0.39, 0.29) is 0 Å². The molecule has 0 aromatic rings. The van der Waals surface area contributed by atoms with E-state index in [0.717, 1.165) is 24.1 Å². The maximum atomic E-state index is 5.36. The third kappa shape index (κ3) is 3.45. The fourth-order valence-corrected chi connectivity index (χ4v) is 2.12. The SMILES string of the molecule is CCN(CC1CCC1)C(=S)NC(C)C. The van der Waals surface area contributed by atoms with Gasteiger partial charge in [0.2, 0.25) is 0 Å². The van der Waals surface area contributed by atoms with E-state index in [1.165, 1.54) is 19.3 Å². The molecule has 0 atom stereocenters. The van der Waals surface area contributed by atoms with Crippen molar-refractivity contribution in [3.05, 3.63) is 0 Å². The summed E-state index contributed by atoms with van der Waals surface area (Å²) in [6.45, 7) is 8.60. The van der Waals surface area contributed by atoms with E-state index in [0.29, 0.717) is 6.04 Å². The maximum absolute atomic E-state index is 5.36. The van der Waals surface area contributed by atoms with Gasteiger partial charge in [-0.25, -0.2) is 0 Å². The Balaban J connectivity index is 2.31. The molecule has 1 fully saturated rings. The Hall–Kier alpha value is -0.310.